The number of aryl methyl sites for hydroxylation is 1. The Morgan fingerprint density at radius 3 is 2.41 bits per heavy atom. The summed E-state index contributed by atoms with van der Waals surface area (Å²) >= 11 is 0. The lowest BCUT2D eigenvalue weighted by molar-refractivity contribution is 0.149. The van der Waals surface area contributed by atoms with Crippen molar-refractivity contribution in [1.29, 1.82) is 0 Å². The Morgan fingerprint density at radius 1 is 1.09 bits per heavy atom. The highest BCUT2D eigenvalue weighted by atomic mass is 16.5. The zero-order chi connectivity index (χ0) is 15.6. The average molecular weight is 298 g/mol. The maximum Gasteiger partial charge on any atom is 0.0721 e. The summed E-state index contributed by atoms with van der Waals surface area (Å²) in [6.45, 7) is 7.10. The third-order valence-corrected chi connectivity index (χ3v) is 4.72. The van der Waals surface area contributed by atoms with Gasteiger partial charge in [-0.05, 0) is 68.4 Å². The fourth-order valence-electron chi connectivity index (χ4n) is 3.37. The SMILES string of the molecule is C=CCOCc1ccc(CC[C@H]2CC[C@H](/C=C\C)CC2)cc1. The van der Waals surface area contributed by atoms with E-state index in [2.05, 4.69) is 49.9 Å². The second-order valence-corrected chi connectivity index (χ2v) is 6.47. The molecule has 1 aliphatic carbocycles. The quantitative estimate of drug-likeness (QED) is 0.441. The third kappa shape index (κ3) is 5.81. The molecule has 1 saturated carbocycles. The molecule has 0 unspecified atom stereocenters. The fourth-order valence-corrected chi connectivity index (χ4v) is 3.37. The lowest BCUT2D eigenvalue weighted by Crippen LogP contribution is -2.13. The highest BCUT2D eigenvalue weighted by Gasteiger charge is 2.18. The van der Waals surface area contributed by atoms with Gasteiger partial charge in [-0.1, -0.05) is 42.5 Å². The van der Waals surface area contributed by atoms with Gasteiger partial charge in [-0.15, -0.1) is 6.58 Å². The molecule has 0 atom stereocenters. The van der Waals surface area contributed by atoms with Crippen LogP contribution in [0.1, 0.15) is 50.2 Å². The Bertz CT molecular complexity index is 449. The van der Waals surface area contributed by atoms with Crippen LogP contribution in [0.3, 0.4) is 0 Å². The van der Waals surface area contributed by atoms with E-state index in [1.807, 2.05) is 0 Å². The molecule has 0 amide bonds. The molecule has 0 bridgehead atoms. The molecule has 0 saturated heterocycles. The third-order valence-electron chi connectivity index (χ3n) is 4.72. The Kier molecular flexibility index (Phi) is 7.45. The molecule has 1 aromatic carbocycles. The lowest BCUT2D eigenvalue weighted by Gasteiger charge is -2.26. The normalized spacial score (nSPS) is 22.0. The van der Waals surface area contributed by atoms with Crippen LogP contribution in [0.15, 0.2) is 49.1 Å². The second-order valence-electron chi connectivity index (χ2n) is 6.47. The van der Waals surface area contributed by atoms with Gasteiger partial charge in [0, 0.05) is 0 Å². The Labute approximate surface area is 136 Å². The minimum atomic E-state index is 0.623. The minimum Gasteiger partial charge on any atom is -0.373 e. The molecule has 120 valence electrons. The van der Waals surface area contributed by atoms with Crippen molar-refractivity contribution in [3.63, 3.8) is 0 Å². The summed E-state index contributed by atoms with van der Waals surface area (Å²) in [6, 6.07) is 8.92. The molecule has 1 aromatic rings. The molecule has 0 heterocycles. The molecule has 22 heavy (non-hydrogen) atoms. The van der Waals surface area contributed by atoms with Crippen LogP contribution in [0, 0.1) is 11.8 Å². The van der Waals surface area contributed by atoms with E-state index in [9.17, 15) is 0 Å². The highest BCUT2D eigenvalue weighted by molar-refractivity contribution is 5.22. The van der Waals surface area contributed by atoms with Crippen molar-refractivity contribution in [1.82, 2.24) is 0 Å². The van der Waals surface area contributed by atoms with Crippen LogP contribution in [0.2, 0.25) is 0 Å². The zero-order valence-corrected chi connectivity index (χ0v) is 14.0. The van der Waals surface area contributed by atoms with Crippen molar-refractivity contribution in [3.05, 3.63) is 60.2 Å². The van der Waals surface area contributed by atoms with Crippen LogP contribution < -0.4 is 0 Å². The van der Waals surface area contributed by atoms with Crippen molar-refractivity contribution in [2.45, 2.75) is 52.1 Å². The maximum absolute atomic E-state index is 5.47. The van der Waals surface area contributed by atoms with Gasteiger partial charge in [0.25, 0.3) is 0 Å². The van der Waals surface area contributed by atoms with Crippen LogP contribution in [-0.2, 0) is 17.8 Å². The molecule has 1 aliphatic rings. The summed E-state index contributed by atoms with van der Waals surface area (Å²) in [7, 11) is 0. The molecule has 0 radical (unpaired) electrons. The van der Waals surface area contributed by atoms with Gasteiger partial charge >= 0.3 is 0 Å². The van der Waals surface area contributed by atoms with E-state index >= 15 is 0 Å². The largest absolute Gasteiger partial charge is 0.373 e. The van der Waals surface area contributed by atoms with Gasteiger partial charge < -0.3 is 4.74 Å². The first-order chi connectivity index (χ1) is 10.8. The molecule has 0 N–H and O–H groups in total. The van der Waals surface area contributed by atoms with Crippen molar-refractivity contribution >= 4 is 0 Å². The van der Waals surface area contributed by atoms with Gasteiger partial charge in [-0.25, -0.2) is 0 Å². The monoisotopic (exact) mass is 298 g/mol. The summed E-state index contributed by atoms with van der Waals surface area (Å²) < 4.78 is 5.47. The van der Waals surface area contributed by atoms with Crippen LogP contribution in [0.4, 0.5) is 0 Å². The Morgan fingerprint density at radius 2 is 1.77 bits per heavy atom. The van der Waals surface area contributed by atoms with Gasteiger partial charge in [-0.3, -0.25) is 0 Å². The molecular formula is C21H30O. The highest BCUT2D eigenvalue weighted by Crippen LogP contribution is 2.32. The Hall–Kier alpha value is -1.34. The average Bonchev–Trinajstić information content (AvgIpc) is 2.56. The van der Waals surface area contributed by atoms with E-state index in [4.69, 9.17) is 4.74 Å². The maximum atomic E-state index is 5.47. The standard InChI is InChI=1S/C21H30O/c1-3-5-18-6-8-19(9-7-18)10-11-20-12-14-21(15-13-20)17-22-16-4-2/h3-5,12-15,18-19H,2,6-11,16-17H2,1H3/b5-3-/t18-,19-. The van der Waals surface area contributed by atoms with E-state index in [1.165, 1.54) is 49.7 Å². The fraction of sp³-hybridized carbons (Fsp3) is 0.524. The van der Waals surface area contributed by atoms with Gasteiger partial charge in [-0.2, -0.15) is 0 Å². The number of benzene rings is 1. The number of hydrogen-bond donors (Lipinski definition) is 0. The van der Waals surface area contributed by atoms with Gasteiger partial charge in [0.05, 0.1) is 13.2 Å². The Balaban J connectivity index is 1.70. The van der Waals surface area contributed by atoms with Crippen LogP contribution in [0.5, 0.6) is 0 Å². The predicted molar refractivity (Wildman–Crippen MR) is 94.9 cm³/mol. The van der Waals surface area contributed by atoms with E-state index in [1.54, 1.807) is 6.08 Å². The second kappa shape index (κ2) is 9.63. The summed E-state index contributed by atoms with van der Waals surface area (Å²) in [5.74, 6) is 1.77. The summed E-state index contributed by atoms with van der Waals surface area (Å²) in [5.41, 5.74) is 2.71. The van der Waals surface area contributed by atoms with Gasteiger partial charge in [0.1, 0.15) is 0 Å². The lowest BCUT2D eigenvalue weighted by atomic mass is 9.79. The molecule has 0 aromatic heterocycles. The smallest absolute Gasteiger partial charge is 0.0721 e. The predicted octanol–water partition coefficient (Wildman–Crippen LogP) is 5.70. The molecule has 1 nitrogen and oxygen atoms in total. The molecule has 1 fully saturated rings. The summed E-state index contributed by atoms with van der Waals surface area (Å²) in [4.78, 5) is 0. The van der Waals surface area contributed by atoms with E-state index in [-0.39, 0.29) is 0 Å². The van der Waals surface area contributed by atoms with Gasteiger partial charge in [0.2, 0.25) is 0 Å². The first kappa shape index (κ1) is 17.0. The molecule has 2 rings (SSSR count). The zero-order valence-electron chi connectivity index (χ0n) is 14.0. The van der Waals surface area contributed by atoms with E-state index < -0.39 is 0 Å². The summed E-state index contributed by atoms with van der Waals surface area (Å²) in [6.07, 6.45) is 14.5. The van der Waals surface area contributed by atoms with Crippen LogP contribution in [-0.4, -0.2) is 6.61 Å². The number of rotatable bonds is 8. The first-order valence-corrected chi connectivity index (χ1v) is 8.71. The van der Waals surface area contributed by atoms with Crippen molar-refractivity contribution in [2.24, 2.45) is 11.8 Å². The van der Waals surface area contributed by atoms with Crippen LogP contribution in [0.25, 0.3) is 0 Å². The van der Waals surface area contributed by atoms with E-state index in [0.717, 1.165) is 11.8 Å². The van der Waals surface area contributed by atoms with Crippen molar-refractivity contribution in [2.75, 3.05) is 6.61 Å². The van der Waals surface area contributed by atoms with Crippen molar-refractivity contribution in [3.8, 4) is 0 Å². The van der Waals surface area contributed by atoms with Crippen LogP contribution >= 0.6 is 0 Å². The number of ether oxygens (including phenoxy) is 1. The minimum absolute atomic E-state index is 0.623. The topological polar surface area (TPSA) is 9.23 Å². The first-order valence-electron chi connectivity index (χ1n) is 8.71. The number of allylic oxidation sites excluding steroid dienone is 2. The van der Waals surface area contributed by atoms with Crippen molar-refractivity contribution < 1.29 is 4.74 Å². The summed E-state index contributed by atoms with van der Waals surface area (Å²) in [5, 5.41) is 0. The molecule has 0 aliphatic heterocycles. The molecule has 1 heteroatoms. The number of hydrogen-bond acceptors (Lipinski definition) is 1. The van der Waals surface area contributed by atoms with Gasteiger partial charge in [0.15, 0.2) is 0 Å². The molecular weight excluding hydrogens is 268 g/mol. The molecule has 0 spiro atoms. The van der Waals surface area contributed by atoms with E-state index in [0.29, 0.717) is 13.2 Å².